The number of nitro groups is 1. The third-order valence-electron chi connectivity index (χ3n) is 4.48. The minimum Gasteiger partial charge on any atom is -0.358 e. The largest absolute Gasteiger partial charge is 0.381 e. The van der Waals surface area contributed by atoms with Gasteiger partial charge in [0.25, 0.3) is 0 Å². The zero-order valence-electron chi connectivity index (χ0n) is 15.0. The Hall–Kier alpha value is -3.26. The van der Waals surface area contributed by atoms with Crippen LogP contribution in [0, 0.1) is 17.0 Å². The number of nitrogens with two attached hydrogens (primary N) is 1. The molecule has 1 amide bonds. The number of imidazole rings is 1. The van der Waals surface area contributed by atoms with Gasteiger partial charge < -0.3 is 25.7 Å². The summed E-state index contributed by atoms with van der Waals surface area (Å²) < 4.78 is 1.60. The summed E-state index contributed by atoms with van der Waals surface area (Å²) in [5.41, 5.74) is 6.80. The Bertz CT molecular complexity index is 982. The van der Waals surface area contributed by atoms with Gasteiger partial charge in [-0.15, -0.1) is 0 Å². The van der Waals surface area contributed by atoms with E-state index in [1.165, 1.54) is 6.20 Å². The monoisotopic (exact) mass is 367 g/mol. The average molecular weight is 367 g/mol. The van der Waals surface area contributed by atoms with E-state index in [9.17, 15) is 14.9 Å². The molecule has 0 bridgehead atoms. The van der Waals surface area contributed by atoms with Gasteiger partial charge in [-0.05, 0) is 32.3 Å². The fraction of sp³-hybridized carbons (Fsp3) is 0.263. The minimum absolute atomic E-state index is 0.172. The van der Waals surface area contributed by atoms with Crippen LogP contribution in [0.5, 0.6) is 0 Å². The van der Waals surface area contributed by atoms with Gasteiger partial charge in [-0.2, -0.15) is 0 Å². The van der Waals surface area contributed by atoms with Gasteiger partial charge in [-0.1, -0.05) is 36.4 Å². The Kier molecular flexibility index (Phi) is 5.46. The second-order valence-corrected chi connectivity index (χ2v) is 6.31. The van der Waals surface area contributed by atoms with Crippen molar-refractivity contribution < 1.29 is 9.72 Å². The van der Waals surface area contributed by atoms with Gasteiger partial charge in [-0.3, -0.25) is 4.79 Å². The van der Waals surface area contributed by atoms with E-state index in [1.807, 2.05) is 42.5 Å². The fourth-order valence-electron chi connectivity index (χ4n) is 3.00. The maximum absolute atomic E-state index is 12.3. The topological polar surface area (TPSA) is 116 Å². The summed E-state index contributed by atoms with van der Waals surface area (Å²) in [6.45, 7) is 2.26. The number of nitrogens with zero attached hydrogens (tertiary/aromatic N) is 3. The van der Waals surface area contributed by atoms with Crippen molar-refractivity contribution in [1.29, 1.82) is 0 Å². The Balaban J connectivity index is 1.65. The molecule has 3 rings (SSSR count). The van der Waals surface area contributed by atoms with Crippen molar-refractivity contribution in [3.63, 3.8) is 0 Å². The van der Waals surface area contributed by atoms with Crippen LogP contribution in [-0.2, 0) is 11.3 Å². The maximum Gasteiger partial charge on any atom is 0.381 e. The third-order valence-corrected chi connectivity index (χ3v) is 4.48. The van der Waals surface area contributed by atoms with Crippen molar-refractivity contribution in [2.24, 2.45) is 5.73 Å². The molecule has 3 aromatic rings. The molecule has 0 spiro atoms. The molecule has 1 heterocycles. The van der Waals surface area contributed by atoms with Crippen molar-refractivity contribution in [3.05, 3.63) is 70.2 Å². The van der Waals surface area contributed by atoms with E-state index < -0.39 is 4.92 Å². The molecule has 3 N–H and O–H groups in total. The van der Waals surface area contributed by atoms with Gasteiger partial charge in [0.15, 0.2) is 0 Å². The zero-order chi connectivity index (χ0) is 19.4. The summed E-state index contributed by atoms with van der Waals surface area (Å²) in [7, 11) is 0. The summed E-state index contributed by atoms with van der Waals surface area (Å²) in [4.78, 5) is 26.4. The molecule has 0 aliphatic heterocycles. The maximum atomic E-state index is 12.3. The van der Waals surface area contributed by atoms with E-state index >= 15 is 0 Å². The number of carbonyl (C=O) groups is 1. The summed E-state index contributed by atoms with van der Waals surface area (Å²) in [5, 5.41) is 15.9. The molecule has 140 valence electrons. The smallest absolute Gasteiger partial charge is 0.358 e. The number of hydrogen-bond acceptors (Lipinski definition) is 5. The highest BCUT2D eigenvalue weighted by atomic mass is 16.6. The van der Waals surface area contributed by atoms with Crippen molar-refractivity contribution in [1.82, 2.24) is 14.9 Å². The summed E-state index contributed by atoms with van der Waals surface area (Å²) >= 11 is 0. The van der Waals surface area contributed by atoms with Gasteiger partial charge in [0.2, 0.25) is 11.7 Å². The number of amides is 1. The van der Waals surface area contributed by atoms with Gasteiger partial charge >= 0.3 is 5.82 Å². The van der Waals surface area contributed by atoms with E-state index in [2.05, 4.69) is 10.3 Å². The molecule has 0 saturated carbocycles. The first-order valence-corrected chi connectivity index (χ1v) is 8.64. The highest BCUT2D eigenvalue weighted by Crippen LogP contribution is 2.20. The van der Waals surface area contributed by atoms with Crippen LogP contribution < -0.4 is 11.1 Å². The van der Waals surface area contributed by atoms with Crippen LogP contribution in [0.1, 0.15) is 23.9 Å². The molecule has 8 nitrogen and oxygen atoms in total. The molecule has 0 saturated heterocycles. The third kappa shape index (κ3) is 4.29. The summed E-state index contributed by atoms with van der Waals surface area (Å²) in [6, 6.07) is 13.7. The average Bonchev–Trinajstić information content (AvgIpc) is 3.05. The van der Waals surface area contributed by atoms with E-state index in [-0.39, 0.29) is 30.7 Å². The lowest BCUT2D eigenvalue weighted by molar-refractivity contribution is -0.389. The predicted octanol–water partition coefficient (Wildman–Crippen LogP) is 2.46. The van der Waals surface area contributed by atoms with Crippen LogP contribution in [-0.4, -0.2) is 26.9 Å². The van der Waals surface area contributed by atoms with Crippen LogP contribution in [0.25, 0.3) is 10.8 Å². The van der Waals surface area contributed by atoms with E-state index in [0.29, 0.717) is 12.4 Å². The predicted molar refractivity (Wildman–Crippen MR) is 102 cm³/mol. The molecular formula is C19H21N5O3. The lowest BCUT2D eigenvalue weighted by Crippen LogP contribution is -2.33. The number of aromatic nitrogens is 2. The van der Waals surface area contributed by atoms with E-state index in [4.69, 9.17) is 5.73 Å². The molecular weight excluding hydrogens is 346 g/mol. The lowest BCUT2D eigenvalue weighted by atomic mass is 10.0. The number of rotatable bonds is 7. The first-order chi connectivity index (χ1) is 13.0. The van der Waals surface area contributed by atoms with Crippen molar-refractivity contribution >= 4 is 22.5 Å². The zero-order valence-corrected chi connectivity index (χ0v) is 15.0. The number of nitrogens with one attached hydrogen (secondary N) is 1. The minimum atomic E-state index is -0.548. The number of fused-ring (bicyclic) bond motifs is 1. The van der Waals surface area contributed by atoms with Gasteiger partial charge in [0.05, 0.1) is 6.04 Å². The van der Waals surface area contributed by atoms with E-state index in [1.54, 1.807) is 11.5 Å². The van der Waals surface area contributed by atoms with E-state index in [0.717, 1.165) is 16.3 Å². The summed E-state index contributed by atoms with van der Waals surface area (Å²) in [5.74, 6) is 0.109. The summed E-state index contributed by atoms with van der Waals surface area (Å²) in [6.07, 6.45) is 1.52. The first kappa shape index (κ1) is 18.5. The standard InChI is InChI=1S/C19H21N5O3/c1-13-21-18(24(26)27)12-23(13)9-8-19(25)22-17(11-20)16-7-6-14-4-2-3-5-15(14)10-16/h2-7,10,12,17H,8-9,11,20H2,1H3,(H,22,25). The van der Waals surface area contributed by atoms with Crippen LogP contribution >= 0.6 is 0 Å². The number of benzene rings is 2. The molecule has 27 heavy (non-hydrogen) atoms. The quantitative estimate of drug-likeness (QED) is 0.491. The second kappa shape index (κ2) is 7.96. The number of carbonyl (C=O) groups excluding carboxylic acids is 1. The van der Waals surface area contributed by atoms with Crippen molar-refractivity contribution in [3.8, 4) is 0 Å². The molecule has 0 radical (unpaired) electrons. The molecule has 0 aliphatic carbocycles. The van der Waals surface area contributed by atoms with Crippen LogP contribution in [0.15, 0.2) is 48.7 Å². The fourth-order valence-corrected chi connectivity index (χ4v) is 3.00. The normalized spacial score (nSPS) is 12.1. The Morgan fingerprint density at radius 1 is 1.30 bits per heavy atom. The van der Waals surface area contributed by atoms with Crippen LogP contribution in [0.4, 0.5) is 5.82 Å². The van der Waals surface area contributed by atoms with Crippen molar-refractivity contribution in [2.45, 2.75) is 25.9 Å². The second-order valence-electron chi connectivity index (χ2n) is 6.31. The highest BCUT2D eigenvalue weighted by molar-refractivity contribution is 5.83. The van der Waals surface area contributed by atoms with Gasteiger partial charge in [0.1, 0.15) is 6.20 Å². The van der Waals surface area contributed by atoms with Crippen LogP contribution in [0.3, 0.4) is 0 Å². The molecule has 1 aromatic heterocycles. The molecule has 1 atom stereocenters. The Morgan fingerprint density at radius 2 is 2.04 bits per heavy atom. The molecule has 0 fully saturated rings. The number of aryl methyl sites for hydroxylation is 2. The molecule has 8 heteroatoms. The molecule has 1 unspecified atom stereocenters. The van der Waals surface area contributed by atoms with Crippen LogP contribution in [0.2, 0.25) is 0 Å². The molecule has 2 aromatic carbocycles. The van der Waals surface area contributed by atoms with Gasteiger partial charge in [-0.25, -0.2) is 0 Å². The Labute approximate surface area is 156 Å². The molecule has 0 aliphatic rings. The first-order valence-electron chi connectivity index (χ1n) is 8.64. The van der Waals surface area contributed by atoms with Crippen molar-refractivity contribution in [2.75, 3.05) is 6.54 Å². The lowest BCUT2D eigenvalue weighted by Gasteiger charge is -2.18. The van der Waals surface area contributed by atoms with Gasteiger partial charge in [0, 0.05) is 26.4 Å². The SMILES string of the molecule is Cc1nc([N+](=O)[O-])cn1CCC(=O)NC(CN)c1ccc2ccccc2c1. The highest BCUT2D eigenvalue weighted by Gasteiger charge is 2.17. The number of hydrogen-bond donors (Lipinski definition) is 2. The Morgan fingerprint density at radius 3 is 2.70 bits per heavy atom.